The maximum atomic E-state index is 11.8. The van der Waals surface area contributed by atoms with Crippen molar-refractivity contribution in [1.29, 1.82) is 0 Å². The van der Waals surface area contributed by atoms with Gasteiger partial charge in [0.2, 0.25) is 11.8 Å². The Morgan fingerprint density at radius 3 is 2.53 bits per heavy atom. The van der Waals surface area contributed by atoms with Crippen LogP contribution in [0.3, 0.4) is 0 Å². The fraction of sp³-hybridized carbons (Fsp3) is 0.833. The molecule has 1 fully saturated rings. The molecule has 0 saturated carbocycles. The number of ether oxygens (including phenoxy) is 1. The first kappa shape index (κ1) is 14.0. The lowest BCUT2D eigenvalue weighted by Crippen LogP contribution is -2.64. The van der Waals surface area contributed by atoms with Gasteiger partial charge in [-0.05, 0) is 34.1 Å². The summed E-state index contributed by atoms with van der Waals surface area (Å²) in [5, 5.41) is 2.60. The summed E-state index contributed by atoms with van der Waals surface area (Å²) in [7, 11) is 1.65. The minimum absolute atomic E-state index is 0.0403. The largest absolute Gasteiger partial charge is 0.379 e. The van der Waals surface area contributed by atoms with E-state index in [2.05, 4.69) is 5.32 Å². The van der Waals surface area contributed by atoms with E-state index in [-0.39, 0.29) is 24.0 Å². The summed E-state index contributed by atoms with van der Waals surface area (Å²) in [5.74, 6) is -0.145. The zero-order chi connectivity index (χ0) is 13.3. The molecule has 1 rings (SSSR count). The van der Waals surface area contributed by atoms with Crippen LogP contribution in [0, 0.1) is 0 Å². The summed E-state index contributed by atoms with van der Waals surface area (Å²) in [5.41, 5.74) is -1.07. The molecule has 5 nitrogen and oxygen atoms in total. The van der Waals surface area contributed by atoms with E-state index >= 15 is 0 Å². The molecule has 0 aromatic heterocycles. The van der Waals surface area contributed by atoms with Crippen LogP contribution in [0.25, 0.3) is 0 Å². The van der Waals surface area contributed by atoms with E-state index in [1.165, 1.54) is 0 Å². The van der Waals surface area contributed by atoms with Crippen molar-refractivity contribution < 1.29 is 14.3 Å². The molecule has 0 spiro atoms. The van der Waals surface area contributed by atoms with Crippen LogP contribution >= 0.6 is 0 Å². The summed E-state index contributed by atoms with van der Waals surface area (Å²) >= 11 is 0. The fourth-order valence-corrected chi connectivity index (χ4v) is 1.79. The Morgan fingerprint density at radius 2 is 2.00 bits per heavy atom. The predicted molar refractivity (Wildman–Crippen MR) is 64.5 cm³/mol. The number of methoxy groups -OCH3 is 1. The summed E-state index contributed by atoms with van der Waals surface area (Å²) in [6.07, 6.45) is 0.700. The second-order valence-corrected chi connectivity index (χ2v) is 5.50. The Morgan fingerprint density at radius 1 is 1.41 bits per heavy atom. The third kappa shape index (κ3) is 2.97. The number of nitrogens with one attached hydrogen (secondary N) is 1. The minimum atomic E-state index is -0.779. The SMILES string of the molecule is COC(C)(C)CCN1C(=O)CNC(=O)C1(C)C. The Kier molecular flexibility index (Phi) is 3.81. The monoisotopic (exact) mass is 242 g/mol. The van der Waals surface area contributed by atoms with Crippen LogP contribution in [-0.2, 0) is 14.3 Å². The lowest BCUT2D eigenvalue weighted by atomic mass is 9.96. The number of carbonyl (C=O) groups excluding carboxylic acids is 2. The number of carbonyl (C=O) groups is 2. The lowest BCUT2D eigenvalue weighted by molar-refractivity contribution is -0.152. The van der Waals surface area contributed by atoms with Gasteiger partial charge < -0.3 is 15.0 Å². The van der Waals surface area contributed by atoms with Crippen LogP contribution in [-0.4, -0.2) is 48.1 Å². The molecule has 0 aliphatic carbocycles. The smallest absolute Gasteiger partial charge is 0.245 e. The fourth-order valence-electron chi connectivity index (χ4n) is 1.79. The third-order valence-electron chi connectivity index (χ3n) is 3.42. The molecular formula is C12H22N2O3. The first-order chi connectivity index (χ1) is 7.70. The number of amides is 2. The van der Waals surface area contributed by atoms with Gasteiger partial charge >= 0.3 is 0 Å². The van der Waals surface area contributed by atoms with Crippen molar-refractivity contribution >= 4 is 11.8 Å². The van der Waals surface area contributed by atoms with E-state index < -0.39 is 5.54 Å². The van der Waals surface area contributed by atoms with E-state index in [4.69, 9.17) is 4.74 Å². The molecule has 1 aliphatic rings. The van der Waals surface area contributed by atoms with Crippen molar-refractivity contribution in [3.05, 3.63) is 0 Å². The highest BCUT2D eigenvalue weighted by atomic mass is 16.5. The molecule has 0 aromatic rings. The Hall–Kier alpha value is -1.10. The number of hydrogen-bond acceptors (Lipinski definition) is 3. The van der Waals surface area contributed by atoms with Crippen LogP contribution < -0.4 is 5.32 Å². The minimum Gasteiger partial charge on any atom is -0.379 e. The van der Waals surface area contributed by atoms with Gasteiger partial charge in [0.1, 0.15) is 5.54 Å². The van der Waals surface area contributed by atoms with Gasteiger partial charge in [0.15, 0.2) is 0 Å². The van der Waals surface area contributed by atoms with E-state index in [1.54, 1.807) is 25.9 Å². The summed E-state index contributed by atoms with van der Waals surface area (Å²) in [4.78, 5) is 25.2. The van der Waals surface area contributed by atoms with Crippen molar-refractivity contribution in [3.8, 4) is 0 Å². The molecule has 2 amide bonds. The molecule has 1 heterocycles. The average Bonchev–Trinajstić information content (AvgIpc) is 2.23. The quantitative estimate of drug-likeness (QED) is 0.782. The molecule has 0 aromatic carbocycles. The topological polar surface area (TPSA) is 58.6 Å². The van der Waals surface area contributed by atoms with Crippen molar-refractivity contribution in [2.24, 2.45) is 0 Å². The van der Waals surface area contributed by atoms with E-state index in [9.17, 15) is 9.59 Å². The van der Waals surface area contributed by atoms with Crippen LogP contribution in [0.4, 0.5) is 0 Å². The van der Waals surface area contributed by atoms with Gasteiger partial charge in [-0.15, -0.1) is 0 Å². The van der Waals surface area contributed by atoms with Gasteiger partial charge in [0.05, 0.1) is 12.1 Å². The molecule has 1 saturated heterocycles. The van der Waals surface area contributed by atoms with Gasteiger partial charge in [-0.3, -0.25) is 9.59 Å². The highest BCUT2D eigenvalue weighted by molar-refractivity contribution is 5.97. The molecular weight excluding hydrogens is 220 g/mol. The van der Waals surface area contributed by atoms with Crippen LogP contribution in [0.15, 0.2) is 0 Å². The highest BCUT2D eigenvalue weighted by Crippen LogP contribution is 2.22. The molecule has 0 radical (unpaired) electrons. The van der Waals surface area contributed by atoms with Crippen LogP contribution in [0.5, 0.6) is 0 Å². The number of rotatable bonds is 4. The van der Waals surface area contributed by atoms with Crippen molar-refractivity contribution in [2.45, 2.75) is 45.3 Å². The van der Waals surface area contributed by atoms with E-state index in [0.29, 0.717) is 13.0 Å². The van der Waals surface area contributed by atoms with Crippen molar-refractivity contribution in [3.63, 3.8) is 0 Å². The summed E-state index contributed by atoms with van der Waals surface area (Å²) < 4.78 is 5.32. The normalized spacial score (nSPS) is 20.4. The second-order valence-electron chi connectivity index (χ2n) is 5.50. The summed E-state index contributed by atoms with van der Waals surface area (Å²) in [6, 6.07) is 0. The standard InChI is InChI=1S/C12H22N2O3/c1-11(2,17-5)6-7-14-9(15)8-13-10(16)12(14,3)4/h6-8H2,1-5H3,(H,13,16). The van der Waals surface area contributed by atoms with Crippen LogP contribution in [0.1, 0.15) is 34.1 Å². The zero-order valence-electron chi connectivity index (χ0n) is 11.3. The van der Waals surface area contributed by atoms with Crippen molar-refractivity contribution in [2.75, 3.05) is 20.2 Å². The maximum Gasteiger partial charge on any atom is 0.245 e. The van der Waals surface area contributed by atoms with Gasteiger partial charge in [0, 0.05) is 13.7 Å². The lowest BCUT2D eigenvalue weighted by Gasteiger charge is -2.42. The molecule has 5 heteroatoms. The van der Waals surface area contributed by atoms with Gasteiger partial charge in [-0.2, -0.15) is 0 Å². The summed E-state index contributed by atoms with van der Waals surface area (Å²) in [6.45, 7) is 8.08. The number of hydrogen-bond donors (Lipinski definition) is 1. The first-order valence-corrected chi connectivity index (χ1v) is 5.84. The zero-order valence-corrected chi connectivity index (χ0v) is 11.3. The molecule has 0 bridgehead atoms. The molecule has 0 atom stereocenters. The molecule has 0 unspecified atom stereocenters. The molecule has 17 heavy (non-hydrogen) atoms. The van der Waals surface area contributed by atoms with Crippen molar-refractivity contribution in [1.82, 2.24) is 10.2 Å². The van der Waals surface area contributed by atoms with E-state index in [0.717, 1.165) is 0 Å². The number of nitrogens with zero attached hydrogens (tertiary/aromatic N) is 1. The number of piperazine rings is 1. The predicted octanol–water partition coefficient (Wildman–Crippen LogP) is 0.539. The average molecular weight is 242 g/mol. The van der Waals surface area contributed by atoms with Gasteiger partial charge in [0.25, 0.3) is 0 Å². The Bertz CT molecular complexity index is 324. The van der Waals surface area contributed by atoms with Gasteiger partial charge in [-0.25, -0.2) is 0 Å². The van der Waals surface area contributed by atoms with Crippen LogP contribution in [0.2, 0.25) is 0 Å². The third-order valence-corrected chi connectivity index (χ3v) is 3.42. The Balaban J connectivity index is 2.73. The molecule has 1 N–H and O–H groups in total. The molecule has 98 valence electrons. The maximum absolute atomic E-state index is 11.8. The first-order valence-electron chi connectivity index (χ1n) is 5.84. The Labute approximate surface area is 102 Å². The van der Waals surface area contributed by atoms with Gasteiger partial charge in [-0.1, -0.05) is 0 Å². The second kappa shape index (κ2) is 4.64. The molecule has 1 aliphatic heterocycles. The van der Waals surface area contributed by atoms with E-state index in [1.807, 2.05) is 13.8 Å². The highest BCUT2D eigenvalue weighted by Gasteiger charge is 2.41.